The molecule has 0 bridgehead atoms. The summed E-state index contributed by atoms with van der Waals surface area (Å²) in [5, 5.41) is 2.84. The molecule has 0 aliphatic heterocycles. The molecular formula is C26H29N3O4S. The minimum absolute atomic E-state index is 0.0299. The fourth-order valence-electron chi connectivity index (χ4n) is 3.55. The Morgan fingerprint density at radius 1 is 0.941 bits per heavy atom. The maximum absolute atomic E-state index is 13.1. The first-order valence-electron chi connectivity index (χ1n) is 10.9. The van der Waals surface area contributed by atoms with Crippen LogP contribution >= 0.6 is 0 Å². The summed E-state index contributed by atoms with van der Waals surface area (Å²) in [6.07, 6.45) is 0.766. The van der Waals surface area contributed by atoms with Gasteiger partial charge in [-0.25, -0.2) is 8.42 Å². The van der Waals surface area contributed by atoms with Crippen LogP contribution < -0.4 is 10.0 Å². The van der Waals surface area contributed by atoms with Gasteiger partial charge in [0, 0.05) is 24.0 Å². The average molecular weight is 480 g/mol. The van der Waals surface area contributed by atoms with Crippen LogP contribution in [0.5, 0.6) is 0 Å². The molecule has 0 fully saturated rings. The Labute approximate surface area is 200 Å². The monoisotopic (exact) mass is 479 g/mol. The number of carbonyl (C=O) groups excluding carboxylic acids is 2. The zero-order chi connectivity index (χ0) is 24.9. The molecule has 8 heteroatoms. The molecule has 0 saturated carbocycles. The Hall–Kier alpha value is -3.65. The molecule has 178 valence electrons. The van der Waals surface area contributed by atoms with Crippen molar-refractivity contribution in [2.75, 3.05) is 23.6 Å². The minimum atomic E-state index is -3.90. The Morgan fingerprint density at radius 2 is 1.68 bits per heavy atom. The van der Waals surface area contributed by atoms with Crippen LogP contribution in [0.4, 0.5) is 11.4 Å². The summed E-state index contributed by atoms with van der Waals surface area (Å²) < 4.78 is 28.4. The summed E-state index contributed by atoms with van der Waals surface area (Å²) in [5.74, 6) is -0.775. The van der Waals surface area contributed by atoms with E-state index >= 15 is 0 Å². The molecule has 3 rings (SSSR count). The first-order chi connectivity index (χ1) is 16.1. The normalized spacial score (nSPS) is 11.1. The number of likely N-dealkylation sites (N-methyl/N-ethyl adjacent to an activating group) is 1. The number of nitrogens with one attached hydrogen (secondary N) is 2. The second-order valence-corrected chi connectivity index (χ2v) is 9.85. The molecule has 0 unspecified atom stereocenters. The summed E-state index contributed by atoms with van der Waals surface area (Å²) in [6, 6.07) is 18.9. The first kappa shape index (κ1) is 25.0. The number of hydrogen-bond acceptors (Lipinski definition) is 4. The summed E-state index contributed by atoms with van der Waals surface area (Å²) in [6.45, 7) is 5.42. The van der Waals surface area contributed by atoms with E-state index in [0.29, 0.717) is 16.9 Å². The lowest BCUT2D eigenvalue weighted by Crippen LogP contribution is -2.35. The van der Waals surface area contributed by atoms with Gasteiger partial charge in [0.15, 0.2) is 0 Å². The Balaban J connectivity index is 1.76. The molecule has 0 heterocycles. The molecule has 0 aromatic heterocycles. The zero-order valence-corrected chi connectivity index (χ0v) is 20.6. The van der Waals surface area contributed by atoms with Gasteiger partial charge >= 0.3 is 0 Å². The second kappa shape index (κ2) is 10.5. The maximum atomic E-state index is 13.1. The van der Waals surface area contributed by atoms with Gasteiger partial charge in [-0.3, -0.25) is 14.3 Å². The maximum Gasteiger partial charge on any atom is 0.261 e. The van der Waals surface area contributed by atoms with E-state index in [4.69, 9.17) is 0 Å². The van der Waals surface area contributed by atoms with E-state index in [9.17, 15) is 18.0 Å². The number of benzene rings is 3. The van der Waals surface area contributed by atoms with Crippen molar-refractivity contribution in [1.29, 1.82) is 0 Å². The molecule has 0 radical (unpaired) electrons. The SMILES string of the molecule is CCc1ccccc1NC(=O)CN(C)C(=O)c1cc(S(=O)(=O)Nc2cccc(C)c2)ccc1C. The highest BCUT2D eigenvalue weighted by atomic mass is 32.2. The van der Waals surface area contributed by atoms with E-state index in [2.05, 4.69) is 10.0 Å². The highest BCUT2D eigenvalue weighted by Crippen LogP contribution is 2.21. The Kier molecular flexibility index (Phi) is 7.73. The van der Waals surface area contributed by atoms with Gasteiger partial charge in [-0.15, -0.1) is 0 Å². The zero-order valence-electron chi connectivity index (χ0n) is 19.8. The van der Waals surface area contributed by atoms with Crippen molar-refractivity contribution in [2.45, 2.75) is 32.1 Å². The van der Waals surface area contributed by atoms with Gasteiger partial charge in [0.1, 0.15) is 0 Å². The first-order valence-corrected chi connectivity index (χ1v) is 12.4. The number of amides is 2. The highest BCUT2D eigenvalue weighted by Gasteiger charge is 2.21. The molecule has 3 aromatic carbocycles. The molecule has 34 heavy (non-hydrogen) atoms. The highest BCUT2D eigenvalue weighted by molar-refractivity contribution is 7.92. The predicted octanol–water partition coefficient (Wildman–Crippen LogP) is 4.38. The van der Waals surface area contributed by atoms with Gasteiger partial charge in [-0.2, -0.15) is 0 Å². The Bertz CT molecular complexity index is 1320. The third-order valence-electron chi connectivity index (χ3n) is 5.42. The number of aryl methyl sites for hydroxylation is 3. The van der Waals surface area contributed by atoms with Crippen molar-refractivity contribution >= 4 is 33.2 Å². The molecule has 2 N–H and O–H groups in total. The molecule has 0 aliphatic rings. The molecule has 0 saturated heterocycles. The van der Waals surface area contributed by atoms with Crippen molar-refractivity contribution < 1.29 is 18.0 Å². The third kappa shape index (κ3) is 6.02. The summed E-state index contributed by atoms with van der Waals surface area (Å²) in [4.78, 5) is 26.9. The smallest absolute Gasteiger partial charge is 0.261 e. The van der Waals surface area contributed by atoms with Crippen molar-refractivity contribution in [2.24, 2.45) is 0 Å². The van der Waals surface area contributed by atoms with Crippen LogP contribution in [0.15, 0.2) is 71.6 Å². The lowest BCUT2D eigenvalue weighted by Gasteiger charge is -2.19. The molecule has 2 amide bonds. The molecule has 0 atom stereocenters. The van der Waals surface area contributed by atoms with Gasteiger partial charge in [0.25, 0.3) is 15.9 Å². The van der Waals surface area contributed by atoms with Gasteiger partial charge in [-0.1, -0.05) is 43.3 Å². The average Bonchev–Trinajstić information content (AvgIpc) is 2.78. The number of rotatable bonds is 8. The topological polar surface area (TPSA) is 95.6 Å². The van der Waals surface area contributed by atoms with Crippen LogP contribution in [0.25, 0.3) is 0 Å². The summed E-state index contributed by atoms with van der Waals surface area (Å²) >= 11 is 0. The quantitative estimate of drug-likeness (QED) is 0.501. The number of carbonyl (C=O) groups is 2. The van der Waals surface area contributed by atoms with E-state index < -0.39 is 15.9 Å². The van der Waals surface area contributed by atoms with Crippen LogP contribution in [0, 0.1) is 13.8 Å². The van der Waals surface area contributed by atoms with Crippen molar-refractivity contribution in [3.63, 3.8) is 0 Å². The van der Waals surface area contributed by atoms with E-state index in [1.807, 2.05) is 44.2 Å². The largest absolute Gasteiger partial charge is 0.332 e. The van der Waals surface area contributed by atoms with Gasteiger partial charge in [0.05, 0.1) is 11.4 Å². The summed E-state index contributed by atoms with van der Waals surface area (Å²) in [7, 11) is -2.39. The predicted molar refractivity (Wildman–Crippen MR) is 135 cm³/mol. The van der Waals surface area contributed by atoms with Crippen LogP contribution in [0.3, 0.4) is 0 Å². The van der Waals surface area contributed by atoms with Gasteiger partial charge in [0.2, 0.25) is 5.91 Å². The third-order valence-corrected chi connectivity index (χ3v) is 6.80. The van der Waals surface area contributed by atoms with Crippen LogP contribution in [-0.4, -0.2) is 38.7 Å². The van der Waals surface area contributed by atoms with Gasteiger partial charge in [-0.05, 0) is 67.3 Å². The Morgan fingerprint density at radius 3 is 2.38 bits per heavy atom. The standard InChI is InChI=1S/C26H29N3O4S/c1-5-20-10-6-7-12-24(20)27-25(30)17-29(4)26(31)23-16-22(14-13-19(23)3)34(32,33)28-21-11-8-9-18(2)15-21/h6-16,28H,5,17H2,1-4H3,(H,27,30). The van der Waals surface area contributed by atoms with E-state index in [0.717, 1.165) is 17.5 Å². The minimum Gasteiger partial charge on any atom is -0.332 e. The van der Waals surface area contributed by atoms with Crippen LogP contribution in [-0.2, 0) is 21.2 Å². The molecule has 7 nitrogen and oxygen atoms in total. The number of sulfonamides is 1. The van der Waals surface area contributed by atoms with Crippen LogP contribution in [0.2, 0.25) is 0 Å². The molecule has 0 spiro atoms. The molecular weight excluding hydrogens is 450 g/mol. The molecule has 3 aromatic rings. The van der Waals surface area contributed by atoms with E-state index in [-0.39, 0.29) is 22.9 Å². The summed E-state index contributed by atoms with van der Waals surface area (Å²) in [5.41, 5.74) is 3.90. The number of nitrogens with zero attached hydrogens (tertiary/aromatic N) is 1. The fraction of sp³-hybridized carbons (Fsp3) is 0.231. The second-order valence-electron chi connectivity index (χ2n) is 8.17. The molecule has 0 aliphatic carbocycles. The van der Waals surface area contributed by atoms with Crippen molar-refractivity contribution in [3.8, 4) is 0 Å². The lowest BCUT2D eigenvalue weighted by atomic mass is 10.1. The van der Waals surface area contributed by atoms with E-state index in [1.54, 1.807) is 31.2 Å². The lowest BCUT2D eigenvalue weighted by molar-refractivity contribution is -0.116. The van der Waals surface area contributed by atoms with Crippen molar-refractivity contribution in [1.82, 2.24) is 4.90 Å². The van der Waals surface area contributed by atoms with Crippen molar-refractivity contribution in [3.05, 3.63) is 89.0 Å². The number of para-hydroxylation sites is 1. The van der Waals surface area contributed by atoms with E-state index in [1.165, 1.54) is 24.1 Å². The number of hydrogen-bond donors (Lipinski definition) is 2. The fourth-order valence-corrected chi connectivity index (χ4v) is 4.63. The number of anilines is 2. The van der Waals surface area contributed by atoms with Gasteiger partial charge < -0.3 is 10.2 Å². The van der Waals surface area contributed by atoms with Crippen LogP contribution in [0.1, 0.15) is 34.0 Å².